The van der Waals surface area contributed by atoms with Crippen molar-refractivity contribution in [2.24, 2.45) is 5.92 Å². The smallest absolute Gasteiger partial charge is 0.367 e. The molecule has 0 radical (unpaired) electrons. The molecule has 0 aromatic rings. The van der Waals surface area contributed by atoms with Gasteiger partial charge < -0.3 is 10.1 Å². The molecule has 2 nitrogen and oxygen atoms in total. The Hall–Kier alpha value is -0.290. The fourth-order valence-electron chi connectivity index (χ4n) is 1.31. The second-order valence-electron chi connectivity index (χ2n) is 4.39. The molecular formula is C11H22F3NO. The number of hydrogen-bond acceptors (Lipinski definition) is 2. The maximum atomic E-state index is 12.0. The topological polar surface area (TPSA) is 21.3 Å². The van der Waals surface area contributed by atoms with Crippen LogP contribution in [0.3, 0.4) is 0 Å². The van der Waals surface area contributed by atoms with Crippen LogP contribution in [0.5, 0.6) is 0 Å². The molecule has 0 aromatic carbocycles. The molecule has 0 saturated carbocycles. The van der Waals surface area contributed by atoms with E-state index in [1.807, 2.05) is 6.92 Å². The van der Waals surface area contributed by atoms with E-state index in [1.54, 1.807) is 0 Å². The number of rotatable bonds is 8. The van der Waals surface area contributed by atoms with Gasteiger partial charge in [-0.25, -0.2) is 0 Å². The Labute approximate surface area is 95.5 Å². The lowest BCUT2D eigenvalue weighted by Crippen LogP contribution is -2.34. The summed E-state index contributed by atoms with van der Waals surface area (Å²) < 4.78 is 40.7. The molecule has 5 heteroatoms. The van der Waals surface area contributed by atoms with E-state index in [2.05, 4.69) is 19.2 Å². The molecule has 0 amide bonds. The molecule has 0 aliphatic heterocycles. The Kier molecular flexibility index (Phi) is 7.76. The highest BCUT2D eigenvalue weighted by Crippen LogP contribution is 2.16. The number of hydrogen-bond donors (Lipinski definition) is 1. The summed E-state index contributed by atoms with van der Waals surface area (Å²) in [6, 6.07) is 0. The van der Waals surface area contributed by atoms with Crippen LogP contribution in [0.15, 0.2) is 0 Å². The van der Waals surface area contributed by atoms with Gasteiger partial charge in [-0.2, -0.15) is 13.2 Å². The van der Waals surface area contributed by atoms with E-state index >= 15 is 0 Å². The third-order valence-electron chi connectivity index (χ3n) is 2.02. The first-order chi connectivity index (χ1) is 7.35. The Morgan fingerprint density at radius 2 is 1.81 bits per heavy atom. The van der Waals surface area contributed by atoms with E-state index in [1.165, 1.54) is 0 Å². The molecule has 0 bridgehead atoms. The first-order valence-corrected chi connectivity index (χ1v) is 5.74. The first kappa shape index (κ1) is 15.7. The Morgan fingerprint density at radius 1 is 1.19 bits per heavy atom. The zero-order valence-corrected chi connectivity index (χ0v) is 10.2. The number of alkyl halides is 3. The molecule has 0 aliphatic carbocycles. The van der Waals surface area contributed by atoms with Crippen LogP contribution in [0.4, 0.5) is 13.2 Å². The molecule has 0 rings (SSSR count). The van der Waals surface area contributed by atoms with E-state index in [4.69, 9.17) is 4.74 Å². The van der Waals surface area contributed by atoms with Crippen molar-refractivity contribution in [2.45, 2.75) is 45.9 Å². The van der Waals surface area contributed by atoms with Gasteiger partial charge in [0.2, 0.25) is 0 Å². The second kappa shape index (κ2) is 7.90. The minimum absolute atomic E-state index is 0.342. The zero-order valence-electron chi connectivity index (χ0n) is 10.2. The van der Waals surface area contributed by atoms with Crippen LogP contribution in [-0.2, 0) is 4.74 Å². The van der Waals surface area contributed by atoms with Crippen LogP contribution in [0.1, 0.15) is 33.6 Å². The van der Waals surface area contributed by atoms with Crippen molar-refractivity contribution >= 4 is 0 Å². The predicted octanol–water partition coefficient (Wildman–Crippen LogP) is 2.98. The lowest BCUT2D eigenvalue weighted by atomic mass is 10.2. The average Bonchev–Trinajstić information content (AvgIpc) is 2.12. The van der Waals surface area contributed by atoms with Gasteiger partial charge >= 0.3 is 6.18 Å². The molecule has 0 heterocycles. The Morgan fingerprint density at radius 3 is 2.25 bits per heavy atom. The van der Waals surface area contributed by atoms with Gasteiger partial charge in [0.15, 0.2) is 0 Å². The summed E-state index contributed by atoms with van der Waals surface area (Å²) in [4.78, 5) is 0. The predicted molar refractivity (Wildman–Crippen MR) is 58.4 cm³/mol. The van der Waals surface area contributed by atoms with Gasteiger partial charge in [0.1, 0.15) is 6.61 Å². The van der Waals surface area contributed by atoms with E-state index in [-0.39, 0.29) is 6.10 Å². The third kappa shape index (κ3) is 10.2. The lowest BCUT2D eigenvalue weighted by molar-refractivity contribution is -0.185. The van der Waals surface area contributed by atoms with E-state index in [9.17, 15) is 13.2 Å². The molecule has 0 aromatic heterocycles. The molecule has 1 N–H and O–H groups in total. The third-order valence-corrected chi connectivity index (χ3v) is 2.02. The van der Waals surface area contributed by atoms with E-state index in [0.717, 1.165) is 13.0 Å². The highest BCUT2D eigenvalue weighted by Gasteiger charge is 2.29. The van der Waals surface area contributed by atoms with Gasteiger partial charge in [0, 0.05) is 6.54 Å². The van der Waals surface area contributed by atoms with Crippen molar-refractivity contribution in [2.75, 3.05) is 19.7 Å². The molecular weight excluding hydrogens is 219 g/mol. The van der Waals surface area contributed by atoms with Crippen molar-refractivity contribution in [3.05, 3.63) is 0 Å². The van der Waals surface area contributed by atoms with E-state index in [0.29, 0.717) is 18.9 Å². The summed E-state index contributed by atoms with van der Waals surface area (Å²) in [5.41, 5.74) is 0. The van der Waals surface area contributed by atoms with Crippen molar-refractivity contribution in [3.63, 3.8) is 0 Å². The maximum Gasteiger partial charge on any atom is 0.411 e. The highest BCUT2D eigenvalue weighted by molar-refractivity contribution is 4.63. The van der Waals surface area contributed by atoms with Crippen LogP contribution in [-0.4, -0.2) is 32.0 Å². The van der Waals surface area contributed by atoms with Crippen LogP contribution < -0.4 is 5.32 Å². The first-order valence-electron chi connectivity index (χ1n) is 5.74. The van der Waals surface area contributed by atoms with Gasteiger partial charge in [-0.15, -0.1) is 0 Å². The molecule has 16 heavy (non-hydrogen) atoms. The highest BCUT2D eigenvalue weighted by atomic mass is 19.4. The number of halogens is 3. The summed E-state index contributed by atoms with van der Waals surface area (Å²) in [6.07, 6.45) is -3.10. The average molecular weight is 241 g/mol. The fourth-order valence-corrected chi connectivity index (χ4v) is 1.31. The molecule has 0 fully saturated rings. The quantitative estimate of drug-likeness (QED) is 0.705. The van der Waals surface area contributed by atoms with Gasteiger partial charge in [-0.1, -0.05) is 27.2 Å². The summed E-state index contributed by atoms with van der Waals surface area (Å²) in [5.74, 6) is 0.491. The van der Waals surface area contributed by atoms with Crippen molar-refractivity contribution in [1.82, 2.24) is 5.32 Å². The molecule has 98 valence electrons. The molecule has 1 unspecified atom stereocenters. The van der Waals surface area contributed by atoms with Crippen LogP contribution in [0, 0.1) is 5.92 Å². The summed E-state index contributed by atoms with van der Waals surface area (Å²) >= 11 is 0. The normalized spacial score (nSPS) is 14.4. The minimum atomic E-state index is -4.23. The van der Waals surface area contributed by atoms with Crippen molar-refractivity contribution in [3.8, 4) is 0 Å². The SMILES string of the molecule is CCCC(CNCC(C)C)OCC(F)(F)F. The van der Waals surface area contributed by atoms with Gasteiger partial charge in [-0.3, -0.25) is 0 Å². The van der Waals surface area contributed by atoms with Crippen molar-refractivity contribution < 1.29 is 17.9 Å². The lowest BCUT2D eigenvalue weighted by Gasteiger charge is -2.19. The van der Waals surface area contributed by atoms with Crippen LogP contribution >= 0.6 is 0 Å². The van der Waals surface area contributed by atoms with Gasteiger partial charge in [0.05, 0.1) is 6.10 Å². The maximum absolute atomic E-state index is 12.0. The largest absolute Gasteiger partial charge is 0.411 e. The minimum Gasteiger partial charge on any atom is -0.367 e. The number of ether oxygens (including phenoxy) is 1. The molecule has 0 aliphatic rings. The Bertz CT molecular complexity index is 171. The van der Waals surface area contributed by atoms with Gasteiger partial charge in [-0.05, 0) is 18.9 Å². The standard InChI is InChI=1S/C11H22F3NO/c1-4-5-10(7-15-6-9(2)3)16-8-11(12,13)14/h9-10,15H,4-8H2,1-3H3. The molecule has 0 saturated heterocycles. The zero-order chi connectivity index (χ0) is 12.6. The summed E-state index contributed by atoms with van der Waals surface area (Å²) in [5, 5.41) is 3.11. The van der Waals surface area contributed by atoms with Crippen LogP contribution in [0.2, 0.25) is 0 Å². The Balaban J connectivity index is 3.79. The van der Waals surface area contributed by atoms with Crippen LogP contribution in [0.25, 0.3) is 0 Å². The summed E-state index contributed by atoms with van der Waals surface area (Å²) in [6.45, 7) is 6.18. The summed E-state index contributed by atoms with van der Waals surface area (Å²) in [7, 11) is 0. The van der Waals surface area contributed by atoms with Gasteiger partial charge in [0.25, 0.3) is 0 Å². The monoisotopic (exact) mass is 241 g/mol. The van der Waals surface area contributed by atoms with Crippen molar-refractivity contribution in [1.29, 1.82) is 0 Å². The molecule has 1 atom stereocenters. The second-order valence-corrected chi connectivity index (χ2v) is 4.39. The fraction of sp³-hybridized carbons (Fsp3) is 1.00. The molecule has 0 spiro atoms. The van der Waals surface area contributed by atoms with E-state index < -0.39 is 12.8 Å². The number of nitrogens with one attached hydrogen (secondary N) is 1.